The fraction of sp³-hybridized carbons (Fsp3) is 0.217. The smallest absolute Gasteiger partial charge is 0.277 e. The minimum atomic E-state index is -0.593. The molecule has 3 N–H and O–H groups in total. The minimum Gasteiger partial charge on any atom is -0.369 e. The van der Waals surface area contributed by atoms with Crippen molar-refractivity contribution in [1.29, 1.82) is 0 Å². The van der Waals surface area contributed by atoms with Gasteiger partial charge in [-0.15, -0.1) is 0 Å². The van der Waals surface area contributed by atoms with Crippen molar-refractivity contribution in [1.82, 2.24) is 10.1 Å². The number of carbonyl (C=O) groups excluding carboxylic acids is 3. The van der Waals surface area contributed by atoms with Gasteiger partial charge in [0, 0.05) is 25.1 Å². The van der Waals surface area contributed by atoms with E-state index in [9.17, 15) is 18.8 Å². The maximum Gasteiger partial charge on any atom is 0.277 e. The minimum absolute atomic E-state index is 0.0484. The summed E-state index contributed by atoms with van der Waals surface area (Å²) in [6, 6.07) is 14.0. The van der Waals surface area contributed by atoms with Crippen LogP contribution in [0.3, 0.4) is 0 Å². The SMILES string of the molecule is NC(=O)C1CCN(C(=O)c2ccccc2NC(=O)c2cc(-c3ccccc3F)on2)CC1. The number of amides is 3. The molecule has 0 bridgehead atoms. The summed E-state index contributed by atoms with van der Waals surface area (Å²) in [5.41, 5.74) is 6.13. The summed E-state index contributed by atoms with van der Waals surface area (Å²) in [7, 11) is 0. The Morgan fingerprint density at radius 2 is 1.75 bits per heavy atom. The van der Waals surface area contributed by atoms with Crippen molar-refractivity contribution in [3.8, 4) is 11.3 Å². The molecule has 0 radical (unpaired) electrons. The molecule has 8 nitrogen and oxygen atoms in total. The van der Waals surface area contributed by atoms with E-state index in [1.54, 1.807) is 41.3 Å². The van der Waals surface area contributed by atoms with E-state index in [0.29, 0.717) is 37.2 Å². The fourth-order valence-electron chi connectivity index (χ4n) is 3.67. The highest BCUT2D eigenvalue weighted by Gasteiger charge is 2.28. The van der Waals surface area contributed by atoms with Gasteiger partial charge in [-0.05, 0) is 37.1 Å². The van der Waals surface area contributed by atoms with Crippen LogP contribution >= 0.6 is 0 Å². The van der Waals surface area contributed by atoms with Gasteiger partial charge in [0.15, 0.2) is 11.5 Å². The Morgan fingerprint density at radius 3 is 2.47 bits per heavy atom. The predicted octanol–water partition coefficient (Wildman–Crippen LogP) is 3.07. The van der Waals surface area contributed by atoms with Crippen LogP contribution in [-0.4, -0.2) is 40.9 Å². The summed E-state index contributed by atoms with van der Waals surface area (Å²) in [5, 5.41) is 6.40. The van der Waals surface area contributed by atoms with Gasteiger partial charge >= 0.3 is 0 Å². The molecule has 3 aromatic rings. The summed E-state index contributed by atoms with van der Waals surface area (Å²) < 4.78 is 19.1. The molecular weight excluding hydrogens is 415 g/mol. The molecule has 32 heavy (non-hydrogen) atoms. The normalized spacial score (nSPS) is 14.2. The first-order valence-electron chi connectivity index (χ1n) is 10.1. The Morgan fingerprint density at radius 1 is 1.06 bits per heavy atom. The van der Waals surface area contributed by atoms with Crippen LogP contribution in [0.1, 0.15) is 33.7 Å². The summed E-state index contributed by atoms with van der Waals surface area (Å²) in [4.78, 5) is 38.7. The van der Waals surface area contributed by atoms with Crippen LogP contribution < -0.4 is 11.1 Å². The third kappa shape index (κ3) is 4.36. The molecule has 0 spiro atoms. The van der Waals surface area contributed by atoms with Gasteiger partial charge in [-0.3, -0.25) is 14.4 Å². The number of carbonyl (C=O) groups is 3. The number of halogens is 1. The zero-order valence-electron chi connectivity index (χ0n) is 17.1. The first-order valence-corrected chi connectivity index (χ1v) is 10.1. The van der Waals surface area contributed by atoms with E-state index in [4.69, 9.17) is 10.3 Å². The van der Waals surface area contributed by atoms with Crippen LogP contribution in [0.4, 0.5) is 10.1 Å². The number of hydrogen-bond acceptors (Lipinski definition) is 5. The van der Waals surface area contributed by atoms with Crippen molar-refractivity contribution < 1.29 is 23.3 Å². The van der Waals surface area contributed by atoms with Crippen LogP contribution in [0.15, 0.2) is 59.1 Å². The van der Waals surface area contributed by atoms with Crippen LogP contribution in [0.2, 0.25) is 0 Å². The molecule has 9 heteroatoms. The van der Waals surface area contributed by atoms with Crippen LogP contribution in [-0.2, 0) is 4.79 Å². The Balaban J connectivity index is 1.49. The van der Waals surface area contributed by atoms with E-state index in [-0.39, 0.29) is 34.7 Å². The van der Waals surface area contributed by atoms with Gasteiger partial charge in [0.1, 0.15) is 5.82 Å². The topological polar surface area (TPSA) is 119 Å². The first-order chi connectivity index (χ1) is 15.4. The van der Waals surface area contributed by atoms with Crippen molar-refractivity contribution in [2.45, 2.75) is 12.8 Å². The average molecular weight is 436 g/mol. The molecule has 1 aliphatic heterocycles. The maximum absolute atomic E-state index is 14.0. The van der Waals surface area contributed by atoms with Gasteiger partial charge in [-0.2, -0.15) is 0 Å². The van der Waals surface area contributed by atoms with Crippen molar-refractivity contribution in [3.05, 3.63) is 71.7 Å². The molecule has 1 saturated heterocycles. The number of anilines is 1. The van der Waals surface area contributed by atoms with E-state index in [0.717, 1.165) is 0 Å². The number of para-hydroxylation sites is 1. The first kappa shape index (κ1) is 21.2. The molecule has 4 rings (SSSR count). The van der Waals surface area contributed by atoms with E-state index in [1.807, 2.05) is 0 Å². The van der Waals surface area contributed by atoms with Gasteiger partial charge < -0.3 is 20.5 Å². The van der Waals surface area contributed by atoms with Crippen LogP contribution in [0.25, 0.3) is 11.3 Å². The number of nitrogens with two attached hydrogens (primary N) is 1. The maximum atomic E-state index is 14.0. The van der Waals surface area contributed by atoms with E-state index in [1.165, 1.54) is 18.2 Å². The second kappa shape index (κ2) is 9.01. The number of likely N-dealkylation sites (tertiary alicyclic amines) is 1. The Kier molecular flexibility index (Phi) is 5.98. The summed E-state index contributed by atoms with van der Waals surface area (Å²) in [6.45, 7) is 0.814. The molecule has 1 fully saturated rings. The lowest BCUT2D eigenvalue weighted by Gasteiger charge is -2.31. The monoisotopic (exact) mass is 436 g/mol. The number of primary amides is 1. The van der Waals surface area contributed by atoms with Gasteiger partial charge in [-0.25, -0.2) is 4.39 Å². The number of hydrogen-bond donors (Lipinski definition) is 2. The molecule has 0 saturated carbocycles. The number of benzene rings is 2. The molecule has 0 aliphatic carbocycles. The fourth-order valence-corrected chi connectivity index (χ4v) is 3.67. The Bertz CT molecular complexity index is 1170. The van der Waals surface area contributed by atoms with Crippen LogP contribution in [0, 0.1) is 11.7 Å². The van der Waals surface area contributed by atoms with Gasteiger partial charge in [0.25, 0.3) is 11.8 Å². The lowest BCUT2D eigenvalue weighted by molar-refractivity contribution is -0.123. The molecular formula is C23H21FN4O4. The van der Waals surface area contributed by atoms with E-state index in [2.05, 4.69) is 10.5 Å². The lowest BCUT2D eigenvalue weighted by atomic mass is 9.95. The van der Waals surface area contributed by atoms with E-state index < -0.39 is 11.7 Å². The Hall–Kier alpha value is -4.01. The quantitative estimate of drug-likeness (QED) is 0.637. The summed E-state index contributed by atoms with van der Waals surface area (Å²) >= 11 is 0. The molecule has 1 aliphatic rings. The zero-order chi connectivity index (χ0) is 22.7. The average Bonchev–Trinajstić information content (AvgIpc) is 3.29. The van der Waals surface area contributed by atoms with Gasteiger partial charge in [-0.1, -0.05) is 29.4 Å². The molecule has 3 amide bonds. The number of piperidine rings is 1. The van der Waals surface area contributed by atoms with Crippen LogP contribution in [0.5, 0.6) is 0 Å². The third-order valence-electron chi connectivity index (χ3n) is 5.47. The number of rotatable bonds is 5. The van der Waals surface area contributed by atoms with Gasteiger partial charge in [0.05, 0.1) is 16.8 Å². The zero-order valence-corrected chi connectivity index (χ0v) is 17.1. The largest absolute Gasteiger partial charge is 0.369 e. The van der Waals surface area contributed by atoms with E-state index >= 15 is 0 Å². The van der Waals surface area contributed by atoms with Crippen molar-refractivity contribution in [2.75, 3.05) is 18.4 Å². The number of aromatic nitrogens is 1. The molecule has 164 valence electrons. The molecule has 1 aromatic heterocycles. The van der Waals surface area contributed by atoms with Gasteiger partial charge in [0.2, 0.25) is 5.91 Å². The summed E-state index contributed by atoms with van der Waals surface area (Å²) in [6.07, 6.45) is 1.01. The standard InChI is InChI=1S/C23H21FN4O4/c24-17-7-3-1-5-15(17)20-13-19(27-32-20)22(30)26-18-8-4-2-6-16(18)23(31)28-11-9-14(10-12-28)21(25)29/h1-8,13-14H,9-12H2,(H2,25,29)(H,26,30). The molecule has 2 heterocycles. The molecule has 2 aromatic carbocycles. The van der Waals surface area contributed by atoms with Crippen molar-refractivity contribution in [2.24, 2.45) is 11.7 Å². The highest BCUT2D eigenvalue weighted by molar-refractivity contribution is 6.08. The number of nitrogens with one attached hydrogen (secondary N) is 1. The highest BCUT2D eigenvalue weighted by Crippen LogP contribution is 2.25. The second-order valence-electron chi connectivity index (χ2n) is 7.52. The lowest BCUT2D eigenvalue weighted by Crippen LogP contribution is -2.42. The molecule has 0 unspecified atom stereocenters. The highest BCUT2D eigenvalue weighted by atomic mass is 19.1. The third-order valence-corrected chi connectivity index (χ3v) is 5.47. The predicted molar refractivity (Wildman–Crippen MR) is 114 cm³/mol. The number of nitrogens with zero attached hydrogens (tertiary/aromatic N) is 2. The second-order valence-corrected chi connectivity index (χ2v) is 7.52. The Labute approximate surface area is 183 Å². The van der Waals surface area contributed by atoms with Crippen molar-refractivity contribution >= 4 is 23.4 Å². The van der Waals surface area contributed by atoms with Crippen molar-refractivity contribution in [3.63, 3.8) is 0 Å². The summed E-state index contributed by atoms with van der Waals surface area (Å²) in [5.74, 6) is -1.81. The molecule has 0 atom stereocenters.